The van der Waals surface area contributed by atoms with Gasteiger partial charge in [-0.3, -0.25) is 49.5 Å². The average molecular weight is 1340 g/mol. The van der Waals surface area contributed by atoms with Gasteiger partial charge in [-0.1, -0.05) is 182 Å². The molecule has 6 aromatic carbocycles. The van der Waals surface area contributed by atoms with Crippen LogP contribution in [0.3, 0.4) is 0 Å². The summed E-state index contributed by atoms with van der Waals surface area (Å²) < 4.78 is 0. The molecule has 4 aliphatic carbocycles. The molecule has 4 heterocycles. The van der Waals surface area contributed by atoms with Crippen LogP contribution in [0.25, 0.3) is 0 Å². The van der Waals surface area contributed by atoms with E-state index in [1.165, 1.54) is 32.7 Å². The SMILES string of the molecule is CN(C)C1(c2ccccc2)CCC2(CC1)CN(CCc1ccccc1)C(=O)N2.CN(C)C1(c2ccccc2)CCC2(CC1)NC(=O)N(CCc1ccccc1)C2=O.CN(C)C1(c2ccccc2)CCC2(CC1)NC(=O)NC2=O.CN(C)C1(c2ccccc2)CCC2(CC1)NC(=O)NC2=O. The highest BCUT2D eigenvalue weighted by molar-refractivity contribution is 6.08. The summed E-state index contributed by atoms with van der Waals surface area (Å²) in [7, 11) is 16.9. The van der Waals surface area contributed by atoms with Gasteiger partial charge in [0.1, 0.15) is 16.6 Å². The van der Waals surface area contributed by atoms with Crippen molar-refractivity contribution in [2.24, 2.45) is 0 Å². The number of rotatable bonds is 14. The van der Waals surface area contributed by atoms with Crippen molar-refractivity contribution in [2.75, 3.05) is 76.0 Å². The standard InChI is InChI=1S/C24H29N3O2.C24H31N3O.2C16H21N3O2/c1-26(2)24(20-11-7-4-8-12-20)16-14-23(15-17-24)21(28)27(22(29)25-23)18-13-19-9-5-3-6-10-19;1-26(2)24(21-11-7-4-8-12-21)16-14-23(15-17-24)19-27(22(28)25-23)18-13-20-9-5-3-6-10-20;2*1-19(2)16(12-6-4-3-5-7-12)10-8-15(9-11-16)13(20)17-14(21)18-15/h3-12H,13-18H2,1-2H3,(H,25,29);3-12H,13-19H2,1-2H3,(H,25,28);2*3-7H,8-11H2,1-2H3,(H2,17,18,20,21). The van der Waals surface area contributed by atoms with Crippen LogP contribution in [-0.2, 0) is 49.4 Å². The van der Waals surface area contributed by atoms with Gasteiger partial charge in [-0.2, -0.15) is 0 Å². The number of amides is 11. The zero-order chi connectivity index (χ0) is 70.3. The number of carbonyl (C=O) groups excluding carboxylic acids is 7. The van der Waals surface area contributed by atoms with Crippen molar-refractivity contribution in [3.63, 3.8) is 0 Å². The van der Waals surface area contributed by atoms with E-state index < -0.39 is 16.6 Å². The second-order valence-electron chi connectivity index (χ2n) is 29.7. The van der Waals surface area contributed by atoms with Gasteiger partial charge in [-0.05, 0) is 205 Å². The van der Waals surface area contributed by atoms with E-state index >= 15 is 0 Å². The molecular weight excluding hydrogens is 1240 g/mol. The lowest BCUT2D eigenvalue weighted by molar-refractivity contribution is -0.133. The zero-order valence-corrected chi connectivity index (χ0v) is 59.2. The number of nitrogens with zero attached hydrogens (tertiary/aromatic N) is 6. The Hall–Kier alpha value is -8.75. The minimum absolute atomic E-state index is 0.0566. The van der Waals surface area contributed by atoms with Gasteiger partial charge in [0.05, 0.1) is 5.54 Å². The fourth-order valence-corrected chi connectivity index (χ4v) is 17.4. The van der Waals surface area contributed by atoms with Gasteiger partial charge >= 0.3 is 24.1 Å². The van der Waals surface area contributed by atoms with Crippen molar-refractivity contribution < 1.29 is 33.6 Å². The molecule has 14 rings (SSSR count). The molecule has 4 saturated heterocycles. The Morgan fingerprint density at radius 2 is 0.616 bits per heavy atom. The number of urea groups is 4. The molecule has 19 nitrogen and oxygen atoms in total. The molecule has 19 heteroatoms. The Labute approximate surface area is 585 Å². The minimum Gasteiger partial charge on any atom is -0.331 e. The maximum absolute atomic E-state index is 13.3. The quantitative estimate of drug-likeness (QED) is 0.0565. The second kappa shape index (κ2) is 29.6. The number of carbonyl (C=O) groups is 7. The molecule has 6 N–H and O–H groups in total. The van der Waals surface area contributed by atoms with Crippen molar-refractivity contribution in [1.29, 1.82) is 0 Å². The van der Waals surface area contributed by atoms with Gasteiger partial charge in [0.15, 0.2) is 0 Å². The number of hydrogen-bond donors (Lipinski definition) is 6. The van der Waals surface area contributed by atoms with Gasteiger partial charge in [0, 0.05) is 41.8 Å². The lowest BCUT2D eigenvalue weighted by atomic mass is 9.68. The fourth-order valence-electron chi connectivity index (χ4n) is 17.4. The molecule has 8 fully saturated rings. The van der Waals surface area contributed by atoms with E-state index in [1.54, 1.807) is 0 Å². The fraction of sp³-hybridized carbons (Fsp3) is 0.463. The summed E-state index contributed by atoms with van der Waals surface area (Å²) in [5.74, 6) is -0.403. The third-order valence-electron chi connectivity index (χ3n) is 23.9. The van der Waals surface area contributed by atoms with Gasteiger partial charge in [0.2, 0.25) is 0 Å². The van der Waals surface area contributed by atoms with Crippen LogP contribution in [0, 0.1) is 0 Å². The highest BCUT2D eigenvalue weighted by Gasteiger charge is 2.57. The molecule has 0 unspecified atom stereocenters. The summed E-state index contributed by atoms with van der Waals surface area (Å²) in [6.07, 6.45) is 14.8. The van der Waals surface area contributed by atoms with Crippen LogP contribution in [0.15, 0.2) is 182 Å². The molecule has 0 bridgehead atoms. The Bertz CT molecular complexity index is 3660. The Kier molecular flexibility index (Phi) is 21.4. The first-order chi connectivity index (χ1) is 47.5. The van der Waals surface area contributed by atoms with Crippen molar-refractivity contribution in [3.8, 4) is 0 Å². The topological polar surface area (TPSA) is 211 Å². The van der Waals surface area contributed by atoms with Crippen LogP contribution in [-0.4, -0.2) is 169 Å². The van der Waals surface area contributed by atoms with Gasteiger partial charge in [-0.25, -0.2) is 19.2 Å². The first-order valence-corrected chi connectivity index (χ1v) is 35.5. The Morgan fingerprint density at radius 3 is 0.919 bits per heavy atom. The summed E-state index contributed by atoms with van der Waals surface area (Å²) in [5.41, 5.74) is 5.23. The van der Waals surface area contributed by atoms with Crippen LogP contribution in [0.2, 0.25) is 0 Å². The molecule has 524 valence electrons. The summed E-state index contributed by atoms with van der Waals surface area (Å²) >= 11 is 0. The monoisotopic (exact) mass is 1340 g/mol. The van der Waals surface area contributed by atoms with Crippen LogP contribution in [0.5, 0.6) is 0 Å². The number of hydrogen-bond acceptors (Lipinski definition) is 11. The largest absolute Gasteiger partial charge is 0.331 e. The first kappa shape index (κ1) is 71.5. The lowest BCUT2D eigenvalue weighted by Gasteiger charge is -2.48. The third-order valence-corrected chi connectivity index (χ3v) is 23.9. The maximum atomic E-state index is 13.3. The van der Waals surface area contributed by atoms with E-state index in [9.17, 15) is 33.6 Å². The first-order valence-electron chi connectivity index (χ1n) is 35.5. The van der Waals surface area contributed by atoms with E-state index in [-0.39, 0.29) is 69.5 Å². The van der Waals surface area contributed by atoms with E-state index in [4.69, 9.17) is 0 Å². The van der Waals surface area contributed by atoms with E-state index in [1.807, 2.05) is 59.5 Å². The molecule has 4 spiro atoms. The number of imide groups is 3. The van der Waals surface area contributed by atoms with Crippen molar-refractivity contribution in [3.05, 3.63) is 215 Å². The molecule has 0 aromatic heterocycles. The van der Waals surface area contributed by atoms with Crippen molar-refractivity contribution in [1.82, 2.24) is 61.3 Å². The van der Waals surface area contributed by atoms with Crippen LogP contribution in [0.1, 0.15) is 136 Å². The summed E-state index contributed by atoms with van der Waals surface area (Å²) in [5, 5.41) is 16.8. The predicted molar refractivity (Wildman–Crippen MR) is 386 cm³/mol. The molecule has 4 saturated carbocycles. The minimum atomic E-state index is -0.748. The lowest BCUT2D eigenvalue weighted by Crippen LogP contribution is -2.55. The van der Waals surface area contributed by atoms with Crippen LogP contribution in [0.4, 0.5) is 19.2 Å². The highest BCUT2D eigenvalue weighted by Crippen LogP contribution is 2.50. The molecule has 6 aromatic rings. The highest BCUT2D eigenvalue weighted by atomic mass is 16.2. The van der Waals surface area contributed by atoms with E-state index in [0.717, 1.165) is 89.3 Å². The van der Waals surface area contributed by atoms with Gasteiger partial charge < -0.3 is 26.2 Å². The molecule has 11 amide bonds. The van der Waals surface area contributed by atoms with Gasteiger partial charge in [-0.15, -0.1) is 0 Å². The van der Waals surface area contributed by atoms with Crippen LogP contribution >= 0.6 is 0 Å². The zero-order valence-electron chi connectivity index (χ0n) is 59.2. The molecule has 0 atom stereocenters. The number of nitrogens with one attached hydrogen (secondary N) is 6. The summed E-state index contributed by atoms with van der Waals surface area (Å²) in [4.78, 5) is 98.1. The van der Waals surface area contributed by atoms with E-state index in [2.05, 4.69) is 235 Å². The molecular formula is C80H102N12O7. The Balaban J connectivity index is 0.000000135. The summed E-state index contributed by atoms with van der Waals surface area (Å²) in [6.45, 7) is 2.04. The normalized spacial score (nSPS) is 29.4. The Morgan fingerprint density at radius 1 is 0.323 bits per heavy atom. The third kappa shape index (κ3) is 14.5. The van der Waals surface area contributed by atoms with Crippen molar-refractivity contribution >= 4 is 41.8 Å². The molecule has 0 radical (unpaired) electrons. The van der Waals surface area contributed by atoms with Gasteiger partial charge in [0.25, 0.3) is 17.7 Å². The van der Waals surface area contributed by atoms with Crippen molar-refractivity contribution in [2.45, 2.75) is 160 Å². The molecule has 99 heavy (non-hydrogen) atoms. The van der Waals surface area contributed by atoms with Crippen LogP contribution < -0.4 is 31.9 Å². The maximum Gasteiger partial charge on any atom is 0.325 e. The smallest absolute Gasteiger partial charge is 0.325 e. The molecule has 8 aliphatic rings. The summed E-state index contributed by atoms with van der Waals surface area (Å²) in [6, 6.07) is 61.7. The molecule has 4 aliphatic heterocycles. The predicted octanol–water partition coefficient (Wildman–Crippen LogP) is 10.8. The van der Waals surface area contributed by atoms with E-state index in [0.29, 0.717) is 51.5 Å². The number of benzene rings is 6. The second-order valence-corrected chi connectivity index (χ2v) is 29.7. The average Bonchev–Trinajstić information content (AvgIpc) is 1.72.